The molecule has 0 radical (unpaired) electrons. The normalized spacial score (nSPS) is 10.2. The van der Waals surface area contributed by atoms with Crippen LogP contribution in [0.1, 0.15) is 13.8 Å². The molecule has 0 spiro atoms. The quantitative estimate of drug-likeness (QED) is 0.624. The number of thioether (sulfide) groups is 1. The lowest BCUT2D eigenvalue weighted by Gasteiger charge is -2.11. The molecule has 1 amide bonds. The lowest BCUT2D eigenvalue weighted by atomic mass is 10.2. The average Bonchev–Trinajstić information content (AvgIpc) is 2.27. The third kappa shape index (κ3) is 3.74. The molecule has 0 fully saturated rings. The highest BCUT2D eigenvalue weighted by Gasteiger charge is 2.09. The Hall–Kier alpha value is -1.22. The molecule has 0 aliphatic heterocycles. The summed E-state index contributed by atoms with van der Waals surface area (Å²) in [6, 6.07) is 7.82. The number of nitrogens with one attached hydrogen (secondary N) is 1. The summed E-state index contributed by atoms with van der Waals surface area (Å²) in [5, 5.41) is 2.92. The highest BCUT2D eigenvalue weighted by molar-refractivity contribution is 7.99. The average molecular weight is 235 g/mol. The Kier molecular flexibility index (Phi) is 5.12. The molecule has 0 aliphatic carbocycles. The molecule has 3 heteroatoms. The Bertz CT molecular complexity index is 374. The first-order chi connectivity index (χ1) is 7.65. The van der Waals surface area contributed by atoms with E-state index < -0.39 is 0 Å². The summed E-state index contributed by atoms with van der Waals surface area (Å²) in [5.41, 5.74) is 0.882. The molecule has 86 valence electrons. The van der Waals surface area contributed by atoms with Gasteiger partial charge in [-0.25, -0.2) is 0 Å². The van der Waals surface area contributed by atoms with E-state index in [1.54, 1.807) is 11.8 Å². The van der Waals surface area contributed by atoms with E-state index in [9.17, 15) is 4.79 Å². The second kappa shape index (κ2) is 6.38. The predicted octanol–water partition coefficient (Wildman–Crippen LogP) is 3.56. The van der Waals surface area contributed by atoms with Crippen LogP contribution in [-0.2, 0) is 4.79 Å². The van der Waals surface area contributed by atoms with Crippen LogP contribution >= 0.6 is 11.8 Å². The van der Waals surface area contributed by atoms with Crippen LogP contribution in [0.4, 0.5) is 5.69 Å². The van der Waals surface area contributed by atoms with Gasteiger partial charge >= 0.3 is 0 Å². The summed E-state index contributed by atoms with van der Waals surface area (Å²) < 4.78 is 0. The molecule has 0 aromatic heterocycles. The molecule has 1 aromatic carbocycles. The number of hydrogen-bond acceptors (Lipinski definition) is 2. The first kappa shape index (κ1) is 12.8. The first-order valence-corrected chi connectivity index (χ1v) is 6.27. The highest BCUT2D eigenvalue weighted by atomic mass is 32.2. The fourth-order valence-corrected chi connectivity index (χ4v) is 1.87. The number of carbonyl (C=O) groups excluding carboxylic acids is 1. The number of anilines is 1. The SMILES string of the molecule is C=CCSc1ccccc1NC(=O)C(C)C. The fraction of sp³-hybridized carbons (Fsp3) is 0.308. The maximum atomic E-state index is 11.6. The number of carbonyl (C=O) groups is 1. The number of para-hydroxylation sites is 1. The lowest BCUT2D eigenvalue weighted by Crippen LogP contribution is -2.18. The smallest absolute Gasteiger partial charge is 0.226 e. The van der Waals surface area contributed by atoms with Crippen molar-refractivity contribution in [3.05, 3.63) is 36.9 Å². The maximum Gasteiger partial charge on any atom is 0.226 e. The van der Waals surface area contributed by atoms with Gasteiger partial charge in [-0.2, -0.15) is 0 Å². The van der Waals surface area contributed by atoms with E-state index >= 15 is 0 Å². The molecule has 1 aromatic rings. The van der Waals surface area contributed by atoms with Crippen molar-refractivity contribution in [2.75, 3.05) is 11.1 Å². The van der Waals surface area contributed by atoms with E-state index in [0.717, 1.165) is 16.3 Å². The van der Waals surface area contributed by atoms with Crippen molar-refractivity contribution < 1.29 is 4.79 Å². The third-order valence-corrected chi connectivity index (χ3v) is 3.10. The van der Waals surface area contributed by atoms with E-state index in [1.165, 1.54) is 0 Å². The molecule has 0 heterocycles. The van der Waals surface area contributed by atoms with E-state index in [0.29, 0.717) is 0 Å². The summed E-state index contributed by atoms with van der Waals surface area (Å²) in [5.74, 6) is 0.887. The van der Waals surface area contributed by atoms with Crippen LogP contribution in [0.15, 0.2) is 41.8 Å². The van der Waals surface area contributed by atoms with Crippen molar-refractivity contribution >= 4 is 23.4 Å². The van der Waals surface area contributed by atoms with Gasteiger partial charge in [0.25, 0.3) is 0 Å². The standard InChI is InChI=1S/C13H17NOS/c1-4-9-16-12-8-6-5-7-11(12)14-13(15)10(2)3/h4-8,10H,1,9H2,2-3H3,(H,14,15). The number of hydrogen-bond donors (Lipinski definition) is 1. The monoisotopic (exact) mass is 235 g/mol. The summed E-state index contributed by atoms with van der Waals surface area (Å²) in [4.78, 5) is 12.7. The number of rotatable bonds is 5. The summed E-state index contributed by atoms with van der Waals surface area (Å²) in [6.45, 7) is 7.45. The minimum Gasteiger partial charge on any atom is -0.325 e. The molecule has 1 N–H and O–H groups in total. The van der Waals surface area contributed by atoms with Gasteiger partial charge in [0, 0.05) is 16.6 Å². The predicted molar refractivity (Wildman–Crippen MR) is 70.8 cm³/mol. The molecule has 0 bridgehead atoms. The zero-order valence-electron chi connectivity index (χ0n) is 9.69. The van der Waals surface area contributed by atoms with E-state index in [-0.39, 0.29) is 11.8 Å². The van der Waals surface area contributed by atoms with Crippen molar-refractivity contribution in [1.29, 1.82) is 0 Å². The highest BCUT2D eigenvalue weighted by Crippen LogP contribution is 2.27. The van der Waals surface area contributed by atoms with E-state index in [2.05, 4.69) is 11.9 Å². The lowest BCUT2D eigenvalue weighted by molar-refractivity contribution is -0.118. The van der Waals surface area contributed by atoms with Crippen molar-refractivity contribution in [3.63, 3.8) is 0 Å². The minimum absolute atomic E-state index is 0.00235. The summed E-state index contributed by atoms with van der Waals surface area (Å²) >= 11 is 1.67. The molecule has 16 heavy (non-hydrogen) atoms. The van der Waals surface area contributed by atoms with Gasteiger partial charge in [0.05, 0.1) is 5.69 Å². The van der Waals surface area contributed by atoms with Crippen LogP contribution in [0.3, 0.4) is 0 Å². The molecular weight excluding hydrogens is 218 g/mol. The molecule has 2 nitrogen and oxygen atoms in total. The second-order valence-corrected chi connectivity index (χ2v) is 4.80. The Morgan fingerprint density at radius 2 is 2.19 bits per heavy atom. The van der Waals surface area contributed by atoms with Crippen LogP contribution in [0.2, 0.25) is 0 Å². The van der Waals surface area contributed by atoms with Gasteiger partial charge in [-0.1, -0.05) is 32.1 Å². The molecule has 0 saturated heterocycles. The number of benzene rings is 1. The van der Waals surface area contributed by atoms with Gasteiger partial charge in [0.2, 0.25) is 5.91 Å². The topological polar surface area (TPSA) is 29.1 Å². The van der Waals surface area contributed by atoms with Crippen LogP contribution in [0.25, 0.3) is 0 Å². The fourth-order valence-electron chi connectivity index (χ4n) is 1.12. The minimum atomic E-state index is -0.00235. The first-order valence-electron chi connectivity index (χ1n) is 5.28. The van der Waals surface area contributed by atoms with Gasteiger partial charge in [-0.15, -0.1) is 18.3 Å². The van der Waals surface area contributed by atoms with Gasteiger partial charge in [0.15, 0.2) is 0 Å². The van der Waals surface area contributed by atoms with Crippen LogP contribution in [0.5, 0.6) is 0 Å². The summed E-state index contributed by atoms with van der Waals surface area (Å²) in [7, 11) is 0. The Balaban J connectivity index is 2.78. The zero-order valence-corrected chi connectivity index (χ0v) is 10.5. The third-order valence-electron chi connectivity index (χ3n) is 2.03. The molecule has 0 unspecified atom stereocenters. The van der Waals surface area contributed by atoms with E-state index in [4.69, 9.17) is 0 Å². The molecular formula is C13H17NOS. The number of amides is 1. The van der Waals surface area contributed by atoms with Crippen molar-refractivity contribution in [2.24, 2.45) is 5.92 Å². The van der Waals surface area contributed by atoms with Crippen LogP contribution < -0.4 is 5.32 Å². The Morgan fingerprint density at radius 1 is 1.50 bits per heavy atom. The zero-order chi connectivity index (χ0) is 12.0. The van der Waals surface area contributed by atoms with Crippen LogP contribution in [-0.4, -0.2) is 11.7 Å². The summed E-state index contributed by atoms with van der Waals surface area (Å²) in [6.07, 6.45) is 1.85. The molecule has 0 aliphatic rings. The van der Waals surface area contributed by atoms with E-state index in [1.807, 2.05) is 44.2 Å². The van der Waals surface area contributed by atoms with Gasteiger partial charge in [-0.05, 0) is 12.1 Å². The Morgan fingerprint density at radius 3 is 2.81 bits per heavy atom. The van der Waals surface area contributed by atoms with Gasteiger partial charge in [0.1, 0.15) is 0 Å². The molecule has 0 atom stereocenters. The van der Waals surface area contributed by atoms with Crippen molar-refractivity contribution in [3.8, 4) is 0 Å². The van der Waals surface area contributed by atoms with Crippen molar-refractivity contribution in [2.45, 2.75) is 18.7 Å². The van der Waals surface area contributed by atoms with Crippen molar-refractivity contribution in [1.82, 2.24) is 0 Å². The van der Waals surface area contributed by atoms with Gasteiger partial charge in [-0.3, -0.25) is 4.79 Å². The molecule has 1 rings (SSSR count). The van der Waals surface area contributed by atoms with Crippen LogP contribution in [0, 0.1) is 5.92 Å². The largest absolute Gasteiger partial charge is 0.325 e. The molecule has 0 saturated carbocycles. The Labute approximate surface area is 101 Å². The van der Waals surface area contributed by atoms with Gasteiger partial charge < -0.3 is 5.32 Å². The maximum absolute atomic E-state index is 11.6. The second-order valence-electron chi connectivity index (χ2n) is 3.74.